The summed E-state index contributed by atoms with van der Waals surface area (Å²) in [5, 5.41) is 20.2. The Labute approximate surface area is 258 Å². The fourth-order valence-corrected chi connectivity index (χ4v) is 6.58. The smallest absolute Gasteiger partial charge is 0.459 e. The molecule has 3 heterocycles. The highest BCUT2D eigenvalue weighted by Gasteiger charge is 2.32. The zero-order valence-electron chi connectivity index (χ0n) is 24.1. The van der Waals surface area contributed by atoms with Crippen LogP contribution in [0.1, 0.15) is 45.6 Å². The number of amides is 2. The van der Waals surface area contributed by atoms with E-state index in [2.05, 4.69) is 20.3 Å². The van der Waals surface area contributed by atoms with Gasteiger partial charge in [0, 0.05) is 53.7 Å². The number of benzene rings is 2. The summed E-state index contributed by atoms with van der Waals surface area (Å²) in [5.74, 6) is -1.53. The number of hydrogen-bond donors (Lipinski definition) is 4. The lowest BCUT2D eigenvalue weighted by molar-refractivity contribution is -0.138. The molecule has 0 spiro atoms. The normalized spacial score (nSPS) is 14.9. The molecule has 0 saturated carbocycles. The summed E-state index contributed by atoms with van der Waals surface area (Å²) < 4.78 is 24.4. The van der Waals surface area contributed by atoms with Crippen molar-refractivity contribution in [2.24, 2.45) is 0 Å². The second-order valence-electron chi connectivity index (χ2n) is 10.4. The van der Waals surface area contributed by atoms with Crippen LogP contribution in [0, 0.1) is 0 Å². The molecule has 13 nitrogen and oxygen atoms in total. The molecule has 1 aliphatic heterocycles. The number of para-hydroxylation sites is 1. The summed E-state index contributed by atoms with van der Waals surface area (Å²) in [6.45, 7) is 2.13. The Bertz CT molecular complexity index is 1730. The number of rotatable bonds is 12. The molecular weight excluding hydrogens is 611 g/mol. The van der Waals surface area contributed by atoms with Crippen molar-refractivity contribution >= 4 is 48.0 Å². The summed E-state index contributed by atoms with van der Waals surface area (Å²) in [5.41, 5.74) is 2.84. The Morgan fingerprint density at radius 2 is 1.98 bits per heavy atom. The summed E-state index contributed by atoms with van der Waals surface area (Å²) >= 11 is 6.28. The van der Waals surface area contributed by atoms with Gasteiger partial charge in [0.2, 0.25) is 0 Å². The largest absolute Gasteiger partial charge is 0.480 e. The van der Waals surface area contributed by atoms with Crippen molar-refractivity contribution in [1.29, 1.82) is 0 Å². The molecule has 0 bridgehead atoms. The number of carboxylic acid groups (broad SMARTS) is 1. The van der Waals surface area contributed by atoms with E-state index in [1.165, 1.54) is 11.8 Å². The fourth-order valence-electron chi connectivity index (χ4n) is 4.82. The van der Waals surface area contributed by atoms with Crippen molar-refractivity contribution in [3.05, 3.63) is 82.3 Å². The number of aromatic nitrogens is 3. The van der Waals surface area contributed by atoms with Crippen molar-refractivity contribution < 1.29 is 33.1 Å². The first-order chi connectivity index (χ1) is 21.0. The average molecular weight is 643 g/mol. The number of aromatic amines is 2. The highest BCUT2D eigenvalue weighted by atomic mass is 35.5. The molecule has 0 radical (unpaired) electrons. The molecule has 44 heavy (non-hydrogen) atoms. The Kier molecular flexibility index (Phi) is 9.40. The molecule has 2 atom stereocenters. The van der Waals surface area contributed by atoms with Crippen LogP contribution >= 0.6 is 19.3 Å². The summed E-state index contributed by atoms with van der Waals surface area (Å²) in [7, 11) is -2.45. The van der Waals surface area contributed by atoms with E-state index in [1.54, 1.807) is 54.4 Å². The van der Waals surface area contributed by atoms with Gasteiger partial charge in [0.25, 0.3) is 11.8 Å². The van der Waals surface area contributed by atoms with Crippen LogP contribution in [0.4, 0.5) is 0 Å². The van der Waals surface area contributed by atoms with Crippen molar-refractivity contribution in [1.82, 2.24) is 30.1 Å². The maximum absolute atomic E-state index is 13.4. The minimum absolute atomic E-state index is 0.0868. The third kappa shape index (κ3) is 6.97. The van der Waals surface area contributed by atoms with Crippen LogP contribution in [0.3, 0.4) is 0 Å². The molecule has 15 heteroatoms. The molecule has 2 amide bonds. The number of carboxylic acids is 1. The third-order valence-electron chi connectivity index (χ3n) is 7.20. The molecule has 0 saturated heterocycles. The maximum Gasteiger partial charge on any atom is 0.459 e. The first-order valence-electron chi connectivity index (χ1n) is 13.9. The van der Waals surface area contributed by atoms with Crippen LogP contribution < -0.4 is 9.61 Å². The van der Waals surface area contributed by atoms with Crippen LogP contribution in [0.25, 0.3) is 10.9 Å². The molecule has 0 fully saturated rings. The van der Waals surface area contributed by atoms with Gasteiger partial charge in [0.1, 0.15) is 17.5 Å². The van der Waals surface area contributed by atoms with Crippen molar-refractivity contribution in [3.8, 4) is 5.75 Å². The molecule has 4 N–H and O–H groups in total. The van der Waals surface area contributed by atoms with Gasteiger partial charge in [-0.1, -0.05) is 35.9 Å². The Morgan fingerprint density at radius 3 is 2.70 bits per heavy atom. The summed E-state index contributed by atoms with van der Waals surface area (Å²) in [6, 6.07) is 14.2. The minimum atomic E-state index is -4.05. The first-order valence-corrected chi connectivity index (χ1v) is 15.8. The molecule has 2 aromatic carbocycles. The first kappa shape index (κ1) is 31.3. The van der Waals surface area contributed by atoms with Crippen LogP contribution in [0.2, 0.25) is 5.02 Å². The zero-order valence-corrected chi connectivity index (χ0v) is 25.7. The predicted octanol–water partition coefficient (Wildman–Crippen LogP) is 4.47. The molecular formula is C29H32ClN6O7P. The average Bonchev–Trinajstić information content (AvgIpc) is 3.64. The number of carbonyl (C=O) groups excluding carboxylic acids is 2. The minimum Gasteiger partial charge on any atom is -0.480 e. The van der Waals surface area contributed by atoms with Crippen LogP contribution in [0.5, 0.6) is 5.75 Å². The molecule has 2 aromatic heterocycles. The lowest BCUT2D eigenvalue weighted by atomic mass is 10.0. The van der Waals surface area contributed by atoms with Gasteiger partial charge in [-0.2, -0.15) is 10.2 Å². The van der Waals surface area contributed by atoms with E-state index >= 15 is 0 Å². The Morgan fingerprint density at radius 1 is 1.20 bits per heavy atom. The van der Waals surface area contributed by atoms with Crippen molar-refractivity contribution in [2.75, 3.05) is 26.7 Å². The van der Waals surface area contributed by atoms with Crippen LogP contribution in [-0.4, -0.2) is 80.7 Å². The zero-order chi connectivity index (χ0) is 31.4. The van der Waals surface area contributed by atoms with E-state index < -0.39 is 19.8 Å². The molecule has 5 rings (SSSR count). The van der Waals surface area contributed by atoms with Crippen LogP contribution in [-0.2, 0) is 26.8 Å². The van der Waals surface area contributed by atoms with Crippen LogP contribution in [0.15, 0.2) is 54.6 Å². The Hall–Kier alpha value is -4.16. The highest BCUT2D eigenvalue weighted by Crippen LogP contribution is 2.44. The van der Waals surface area contributed by atoms with Gasteiger partial charge in [-0.05, 0) is 43.7 Å². The second kappa shape index (κ2) is 13.2. The fraction of sp³-hybridized carbons (Fsp3) is 0.310. The lowest BCUT2D eigenvalue weighted by Gasteiger charge is -2.27. The van der Waals surface area contributed by atoms with E-state index in [0.717, 1.165) is 16.6 Å². The van der Waals surface area contributed by atoms with Crippen molar-refractivity contribution in [2.45, 2.75) is 32.4 Å². The van der Waals surface area contributed by atoms with Gasteiger partial charge >= 0.3 is 13.7 Å². The highest BCUT2D eigenvalue weighted by molar-refractivity contribution is 7.52. The topological polar surface area (TPSA) is 170 Å². The van der Waals surface area contributed by atoms with E-state index in [1.807, 2.05) is 12.1 Å². The van der Waals surface area contributed by atoms with E-state index in [-0.39, 0.29) is 49.4 Å². The predicted molar refractivity (Wildman–Crippen MR) is 163 cm³/mol. The number of carbonyl (C=O) groups is 3. The standard InChI is InChI=1S/C29H32ClN6O7P/c1-18(29(39)40)34-44(41,43-19-8-4-3-5-9-19)42-15-7-13-35(2)28(38)26-21-17-36(14-12-24(21)32-33-26)27(37)25-16-20-22(30)10-6-11-23(20)31-25/h3-6,8-11,16,18,31H,7,12-15,17H2,1-2H3,(H,32,33)(H,34,41)(H,39,40). The van der Waals surface area contributed by atoms with E-state index in [0.29, 0.717) is 29.2 Å². The number of halogens is 1. The number of aliphatic carboxylic acids is 1. The molecule has 232 valence electrons. The number of hydrogen-bond acceptors (Lipinski definition) is 7. The number of fused-ring (bicyclic) bond motifs is 2. The van der Waals surface area contributed by atoms with Gasteiger partial charge in [0.05, 0.1) is 13.2 Å². The van der Waals surface area contributed by atoms with Gasteiger partial charge in [-0.3, -0.25) is 24.0 Å². The summed E-state index contributed by atoms with van der Waals surface area (Å²) in [4.78, 5) is 44.3. The lowest BCUT2D eigenvalue weighted by Crippen LogP contribution is -2.37. The van der Waals surface area contributed by atoms with Gasteiger partial charge in [0.15, 0.2) is 5.69 Å². The molecule has 2 unspecified atom stereocenters. The SMILES string of the molecule is CC(NP(=O)(OCCCN(C)C(=O)c1n[nH]c2c1CN(C(=O)c1cc3c(Cl)cccc3[nH]1)CC2)Oc1ccccc1)C(=O)O. The van der Waals surface area contributed by atoms with Gasteiger partial charge < -0.3 is 24.4 Å². The van der Waals surface area contributed by atoms with E-state index in [4.69, 9.17) is 20.6 Å². The molecule has 1 aliphatic rings. The monoisotopic (exact) mass is 642 g/mol. The number of nitrogens with one attached hydrogen (secondary N) is 3. The van der Waals surface area contributed by atoms with Gasteiger partial charge in [-0.25, -0.2) is 4.57 Å². The number of nitrogens with zero attached hydrogens (tertiary/aromatic N) is 3. The quantitative estimate of drug-likeness (QED) is 0.129. The number of H-pyrrole nitrogens is 2. The molecule has 4 aromatic rings. The Balaban J connectivity index is 1.19. The second-order valence-corrected chi connectivity index (χ2v) is 12.5. The van der Waals surface area contributed by atoms with E-state index in [9.17, 15) is 24.1 Å². The summed E-state index contributed by atoms with van der Waals surface area (Å²) in [6.07, 6.45) is 0.784. The van der Waals surface area contributed by atoms with Gasteiger partial charge in [-0.15, -0.1) is 0 Å². The van der Waals surface area contributed by atoms with Crippen molar-refractivity contribution in [3.63, 3.8) is 0 Å². The molecule has 0 aliphatic carbocycles. The maximum atomic E-state index is 13.4. The third-order valence-corrected chi connectivity index (χ3v) is 9.21.